The van der Waals surface area contributed by atoms with Gasteiger partial charge in [0, 0.05) is 17.7 Å². The average Bonchev–Trinajstić information content (AvgIpc) is 2.37. The van der Waals surface area contributed by atoms with Gasteiger partial charge in [0.25, 0.3) is 0 Å². The quantitative estimate of drug-likeness (QED) is 0.812. The fourth-order valence-electron chi connectivity index (χ4n) is 4.07. The molecule has 20 heavy (non-hydrogen) atoms. The lowest BCUT2D eigenvalue weighted by molar-refractivity contribution is 0.330. The van der Waals surface area contributed by atoms with Crippen molar-refractivity contribution >= 4 is 0 Å². The van der Waals surface area contributed by atoms with Crippen molar-refractivity contribution in [1.29, 1.82) is 0 Å². The van der Waals surface area contributed by atoms with Gasteiger partial charge in [0.2, 0.25) is 5.56 Å². The van der Waals surface area contributed by atoms with E-state index in [-0.39, 0.29) is 11.1 Å². The second-order valence-corrected chi connectivity index (χ2v) is 5.89. The van der Waals surface area contributed by atoms with Crippen LogP contribution in [0.25, 0.3) is 0 Å². The summed E-state index contributed by atoms with van der Waals surface area (Å²) in [6, 6.07) is 3.66. The molecular weight excluding hydrogens is 248 g/mol. The number of H-pyrrole nitrogens is 1. The Morgan fingerprint density at radius 3 is 3.00 bits per heavy atom. The van der Waals surface area contributed by atoms with Crippen LogP contribution in [0.4, 0.5) is 0 Å². The second kappa shape index (κ2) is 4.74. The van der Waals surface area contributed by atoms with Gasteiger partial charge in [-0.15, -0.1) is 0 Å². The summed E-state index contributed by atoms with van der Waals surface area (Å²) in [7, 11) is 0. The minimum absolute atomic E-state index is 0.00176. The van der Waals surface area contributed by atoms with Crippen molar-refractivity contribution < 1.29 is 0 Å². The standard InChI is InChI=1S/C17H22N2O/c1-4-13-12-8-11(3)10-17(13,18-5-2)14-6-7-16(20)19-15(14)9-12/h4,6-8,12,18H,5,9-10H2,1-3H3,(H,19,20). The zero-order chi connectivity index (χ0) is 14.3. The van der Waals surface area contributed by atoms with Crippen LogP contribution in [0.5, 0.6) is 0 Å². The number of hydrogen-bond acceptors (Lipinski definition) is 2. The van der Waals surface area contributed by atoms with Crippen molar-refractivity contribution in [1.82, 2.24) is 10.3 Å². The number of rotatable bonds is 2. The molecule has 1 aromatic heterocycles. The maximum atomic E-state index is 11.6. The molecule has 0 radical (unpaired) electrons. The summed E-state index contributed by atoms with van der Waals surface area (Å²) in [6.07, 6.45) is 6.50. The van der Waals surface area contributed by atoms with Crippen molar-refractivity contribution in [2.24, 2.45) is 5.92 Å². The summed E-state index contributed by atoms with van der Waals surface area (Å²) >= 11 is 0. The van der Waals surface area contributed by atoms with Gasteiger partial charge in [0.1, 0.15) is 0 Å². The highest BCUT2D eigenvalue weighted by atomic mass is 16.1. The molecule has 1 heterocycles. The zero-order valence-corrected chi connectivity index (χ0v) is 12.4. The van der Waals surface area contributed by atoms with Gasteiger partial charge < -0.3 is 10.3 Å². The number of likely N-dealkylation sites (N-methyl/N-ethyl adjacent to an activating group) is 1. The summed E-state index contributed by atoms with van der Waals surface area (Å²) in [5.74, 6) is 0.401. The highest BCUT2D eigenvalue weighted by molar-refractivity contribution is 5.49. The minimum atomic E-state index is -0.134. The van der Waals surface area contributed by atoms with Crippen molar-refractivity contribution in [3.8, 4) is 0 Å². The lowest BCUT2D eigenvalue weighted by Gasteiger charge is -2.48. The smallest absolute Gasteiger partial charge is 0.248 e. The number of pyridine rings is 1. The molecule has 106 valence electrons. The van der Waals surface area contributed by atoms with Crippen LogP contribution < -0.4 is 10.9 Å². The maximum Gasteiger partial charge on any atom is 0.248 e. The summed E-state index contributed by atoms with van der Waals surface area (Å²) in [5.41, 5.74) is 5.08. The Bertz CT molecular complexity index is 653. The Kier molecular flexibility index (Phi) is 3.17. The van der Waals surface area contributed by atoms with Gasteiger partial charge in [0.05, 0.1) is 5.54 Å². The fourth-order valence-corrected chi connectivity index (χ4v) is 4.07. The van der Waals surface area contributed by atoms with E-state index < -0.39 is 0 Å². The molecule has 2 aliphatic rings. The number of aromatic amines is 1. The first-order chi connectivity index (χ1) is 9.60. The van der Waals surface area contributed by atoms with E-state index in [0.29, 0.717) is 5.92 Å². The van der Waals surface area contributed by atoms with Gasteiger partial charge in [-0.05, 0) is 50.4 Å². The third-order valence-corrected chi connectivity index (χ3v) is 4.60. The normalized spacial score (nSPS) is 30.1. The molecule has 0 aliphatic heterocycles. The summed E-state index contributed by atoms with van der Waals surface area (Å²) in [4.78, 5) is 14.7. The Morgan fingerprint density at radius 1 is 1.50 bits per heavy atom. The molecule has 3 rings (SSSR count). The molecule has 3 nitrogen and oxygen atoms in total. The lowest BCUT2D eigenvalue weighted by Crippen LogP contribution is -2.51. The molecular formula is C17H22N2O. The van der Waals surface area contributed by atoms with Crippen LogP contribution in [-0.4, -0.2) is 11.5 Å². The van der Waals surface area contributed by atoms with E-state index in [4.69, 9.17) is 0 Å². The van der Waals surface area contributed by atoms with E-state index in [9.17, 15) is 4.79 Å². The SMILES string of the molecule is CC=C1C2C=C(C)CC1(NCC)c1ccc(=O)[nH]c1C2. The van der Waals surface area contributed by atoms with E-state index in [1.807, 2.05) is 6.07 Å². The minimum Gasteiger partial charge on any atom is -0.326 e. The number of allylic oxidation sites excluding steroid dienone is 2. The first kappa shape index (κ1) is 13.4. The van der Waals surface area contributed by atoms with E-state index >= 15 is 0 Å². The van der Waals surface area contributed by atoms with Crippen LogP contribution in [0.2, 0.25) is 0 Å². The van der Waals surface area contributed by atoms with Crippen LogP contribution in [0.15, 0.2) is 40.2 Å². The molecule has 1 aromatic rings. The third kappa shape index (κ3) is 1.80. The third-order valence-electron chi connectivity index (χ3n) is 4.60. The first-order valence-corrected chi connectivity index (χ1v) is 7.42. The van der Waals surface area contributed by atoms with Gasteiger partial charge >= 0.3 is 0 Å². The molecule has 0 saturated heterocycles. The molecule has 2 bridgehead atoms. The predicted octanol–water partition coefficient (Wildman–Crippen LogP) is 2.65. The van der Waals surface area contributed by atoms with Crippen molar-refractivity contribution in [2.75, 3.05) is 6.54 Å². The molecule has 3 heteroatoms. The zero-order valence-electron chi connectivity index (χ0n) is 12.4. The van der Waals surface area contributed by atoms with Crippen molar-refractivity contribution in [3.63, 3.8) is 0 Å². The second-order valence-electron chi connectivity index (χ2n) is 5.89. The molecule has 0 spiro atoms. The van der Waals surface area contributed by atoms with Gasteiger partial charge in [-0.25, -0.2) is 0 Å². The number of fused-ring (bicyclic) bond motifs is 4. The maximum absolute atomic E-state index is 11.6. The van der Waals surface area contributed by atoms with Crippen LogP contribution >= 0.6 is 0 Å². The Balaban J connectivity index is 2.28. The van der Waals surface area contributed by atoms with E-state index in [1.165, 1.54) is 16.7 Å². The van der Waals surface area contributed by atoms with Gasteiger partial charge in [-0.1, -0.05) is 24.6 Å². The molecule has 0 amide bonds. The van der Waals surface area contributed by atoms with Crippen LogP contribution in [0.1, 0.15) is 38.4 Å². The number of nitrogens with one attached hydrogen (secondary N) is 2. The number of hydrogen-bond donors (Lipinski definition) is 2. The molecule has 0 aromatic carbocycles. The van der Waals surface area contributed by atoms with Gasteiger partial charge in [-0.3, -0.25) is 4.79 Å². The van der Waals surface area contributed by atoms with Crippen LogP contribution in [0.3, 0.4) is 0 Å². The first-order valence-electron chi connectivity index (χ1n) is 7.42. The molecule has 2 unspecified atom stereocenters. The summed E-state index contributed by atoms with van der Waals surface area (Å²) < 4.78 is 0. The summed E-state index contributed by atoms with van der Waals surface area (Å²) in [6.45, 7) is 7.39. The highest BCUT2D eigenvalue weighted by Gasteiger charge is 2.45. The Hall–Kier alpha value is -1.61. The number of aromatic nitrogens is 1. The molecule has 0 saturated carbocycles. The highest BCUT2D eigenvalue weighted by Crippen LogP contribution is 2.49. The lowest BCUT2D eigenvalue weighted by atomic mass is 9.63. The van der Waals surface area contributed by atoms with Crippen LogP contribution in [0, 0.1) is 5.92 Å². The largest absolute Gasteiger partial charge is 0.326 e. The molecule has 2 N–H and O–H groups in total. The van der Waals surface area contributed by atoms with Crippen molar-refractivity contribution in [2.45, 2.75) is 39.2 Å². The predicted molar refractivity (Wildman–Crippen MR) is 81.7 cm³/mol. The molecule has 2 aliphatic carbocycles. The topological polar surface area (TPSA) is 44.9 Å². The summed E-state index contributed by atoms with van der Waals surface area (Å²) in [5, 5.41) is 3.71. The Labute approximate surface area is 119 Å². The monoisotopic (exact) mass is 270 g/mol. The molecule has 0 fully saturated rings. The van der Waals surface area contributed by atoms with E-state index in [1.54, 1.807) is 6.07 Å². The van der Waals surface area contributed by atoms with E-state index in [2.05, 4.69) is 43.2 Å². The fraction of sp³-hybridized carbons (Fsp3) is 0.471. The average molecular weight is 270 g/mol. The molecule has 2 atom stereocenters. The van der Waals surface area contributed by atoms with Gasteiger partial charge in [-0.2, -0.15) is 0 Å². The van der Waals surface area contributed by atoms with Crippen LogP contribution in [-0.2, 0) is 12.0 Å². The Morgan fingerprint density at radius 2 is 2.30 bits per heavy atom. The van der Waals surface area contributed by atoms with Crippen molar-refractivity contribution in [3.05, 3.63) is 57.0 Å². The van der Waals surface area contributed by atoms with E-state index in [0.717, 1.165) is 25.1 Å². The van der Waals surface area contributed by atoms with Gasteiger partial charge in [0.15, 0.2) is 0 Å².